The molecule has 3 rings (SSSR count). The third-order valence-electron chi connectivity index (χ3n) is 4.62. The zero-order valence-corrected chi connectivity index (χ0v) is 20.2. The van der Waals surface area contributed by atoms with E-state index in [4.69, 9.17) is 20.4 Å². The molecule has 0 fully saturated rings. The Bertz CT molecular complexity index is 1130. The number of carbonyl (C=O) groups is 4. The number of carboxylic acid groups (broad SMARTS) is 4. The molecule has 0 aliphatic heterocycles. The SMILES string of the molecule is CN(C)c1ccccc1C(=O)O.CN(C)c1ccccc1C(=O)O.O=C(O)c1ccccc1C(=O)O. The molecule has 0 aliphatic rings. The van der Waals surface area contributed by atoms with Crippen molar-refractivity contribution < 1.29 is 39.6 Å². The maximum absolute atomic E-state index is 10.7. The highest BCUT2D eigenvalue weighted by atomic mass is 16.4. The minimum atomic E-state index is -1.23. The molecule has 0 amide bonds. The van der Waals surface area contributed by atoms with E-state index < -0.39 is 23.9 Å². The molecule has 0 unspecified atom stereocenters. The molecule has 4 N–H and O–H groups in total. The molecule has 0 atom stereocenters. The number of aromatic carboxylic acids is 4. The van der Waals surface area contributed by atoms with Crippen LogP contribution in [0.15, 0.2) is 72.8 Å². The minimum Gasteiger partial charge on any atom is -0.478 e. The smallest absolute Gasteiger partial charge is 0.337 e. The third kappa shape index (κ3) is 8.49. The van der Waals surface area contributed by atoms with Crippen LogP contribution in [0.1, 0.15) is 41.4 Å². The van der Waals surface area contributed by atoms with Crippen LogP contribution in [0.2, 0.25) is 0 Å². The van der Waals surface area contributed by atoms with Gasteiger partial charge in [-0.2, -0.15) is 0 Å². The Balaban J connectivity index is 0.000000270. The van der Waals surface area contributed by atoms with Gasteiger partial charge in [-0.25, -0.2) is 19.2 Å². The second-order valence-corrected chi connectivity index (χ2v) is 7.59. The van der Waals surface area contributed by atoms with Gasteiger partial charge in [-0.05, 0) is 36.4 Å². The van der Waals surface area contributed by atoms with Crippen molar-refractivity contribution in [2.45, 2.75) is 0 Å². The molecular formula is C26H28N2O8. The number of benzene rings is 3. The average molecular weight is 497 g/mol. The van der Waals surface area contributed by atoms with Crippen molar-refractivity contribution in [3.05, 3.63) is 95.1 Å². The summed E-state index contributed by atoms with van der Waals surface area (Å²) >= 11 is 0. The number of para-hydroxylation sites is 2. The molecule has 10 heteroatoms. The van der Waals surface area contributed by atoms with Gasteiger partial charge < -0.3 is 30.2 Å². The van der Waals surface area contributed by atoms with Gasteiger partial charge >= 0.3 is 23.9 Å². The van der Waals surface area contributed by atoms with Gasteiger partial charge in [0.1, 0.15) is 0 Å². The Kier molecular flexibility index (Phi) is 11.1. The number of hydrogen-bond acceptors (Lipinski definition) is 6. The Hall–Kier alpha value is -4.86. The molecule has 0 aromatic heterocycles. The molecule has 10 nitrogen and oxygen atoms in total. The van der Waals surface area contributed by atoms with Gasteiger partial charge in [0.25, 0.3) is 0 Å². The van der Waals surface area contributed by atoms with Gasteiger partial charge in [-0.1, -0.05) is 36.4 Å². The lowest BCUT2D eigenvalue weighted by Crippen LogP contribution is -2.13. The lowest BCUT2D eigenvalue weighted by Gasteiger charge is -2.14. The molecule has 0 bridgehead atoms. The third-order valence-corrected chi connectivity index (χ3v) is 4.62. The van der Waals surface area contributed by atoms with Crippen molar-refractivity contribution in [2.24, 2.45) is 0 Å². The fourth-order valence-electron chi connectivity index (χ4n) is 2.95. The largest absolute Gasteiger partial charge is 0.478 e. The number of nitrogens with zero attached hydrogens (tertiary/aromatic N) is 2. The Morgan fingerprint density at radius 2 is 0.667 bits per heavy atom. The maximum Gasteiger partial charge on any atom is 0.337 e. The molecule has 0 saturated heterocycles. The molecular weight excluding hydrogens is 468 g/mol. The molecule has 0 aliphatic carbocycles. The van der Waals surface area contributed by atoms with Crippen LogP contribution in [0, 0.1) is 0 Å². The summed E-state index contributed by atoms with van der Waals surface area (Å²) in [6, 6.07) is 19.3. The molecule has 0 saturated carbocycles. The lowest BCUT2D eigenvalue weighted by atomic mass is 10.1. The van der Waals surface area contributed by atoms with Crippen molar-refractivity contribution >= 4 is 35.3 Å². The van der Waals surface area contributed by atoms with Gasteiger partial charge in [0.15, 0.2) is 0 Å². The first-order valence-corrected chi connectivity index (χ1v) is 10.4. The Morgan fingerprint density at radius 3 is 0.861 bits per heavy atom. The van der Waals surface area contributed by atoms with Crippen LogP contribution >= 0.6 is 0 Å². The van der Waals surface area contributed by atoms with Crippen LogP contribution in [-0.2, 0) is 0 Å². The number of rotatable bonds is 6. The molecule has 0 spiro atoms. The minimum absolute atomic E-state index is 0.190. The van der Waals surface area contributed by atoms with Crippen molar-refractivity contribution in [3.8, 4) is 0 Å². The molecule has 190 valence electrons. The van der Waals surface area contributed by atoms with Crippen molar-refractivity contribution in [1.82, 2.24) is 0 Å². The first kappa shape index (κ1) is 29.2. The standard InChI is InChI=1S/2C9H11NO2.C8H6O4/c2*1-10(2)8-6-4-3-5-7(8)9(11)12;9-7(10)5-3-1-2-4-6(5)8(11)12/h2*3-6H,1-2H3,(H,11,12);1-4H,(H,9,10)(H,11,12). The maximum atomic E-state index is 10.7. The van der Waals surface area contributed by atoms with Crippen molar-refractivity contribution in [2.75, 3.05) is 38.0 Å². The van der Waals surface area contributed by atoms with Crippen LogP contribution in [0.5, 0.6) is 0 Å². The van der Waals surface area contributed by atoms with Crippen molar-refractivity contribution in [3.63, 3.8) is 0 Å². The fraction of sp³-hybridized carbons (Fsp3) is 0.154. The van der Waals surface area contributed by atoms with E-state index in [1.165, 1.54) is 24.3 Å². The summed E-state index contributed by atoms with van der Waals surface area (Å²) in [5.41, 5.74) is 1.75. The molecule has 3 aromatic carbocycles. The van der Waals surface area contributed by atoms with E-state index in [0.29, 0.717) is 11.1 Å². The molecule has 0 radical (unpaired) electrons. The summed E-state index contributed by atoms with van der Waals surface area (Å²) in [4.78, 5) is 45.9. The average Bonchev–Trinajstić information content (AvgIpc) is 2.84. The summed E-state index contributed by atoms with van der Waals surface area (Å²) in [6.45, 7) is 0. The zero-order valence-electron chi connectivity index (χ0n) is 20.2. The first-order valence-electron chi connectivity index (χ1n) is 10.4. The quantitative estimate of drug-likeness (QED) is 0.394. The van der Waals surface area contributed by atoms with Gasteiger partial charge in [0.05, 0.1) is 33.6 Å². The molecule has 3 aromatic rings. The van der Waals surface area contributed by atoms with E-state index in [0.717, 1.165) is 11.4 Å². The number of hydrogen-bond donors (Lipinski definition) is 4. The highest BCUT2D eigenvalue weighted by molar-refractivity contribution is 6.01. The Labute approximate surface area is 208 Å². The van der Waals surface area contributed by atoms with Crippen LogP contribution < -0.4 is 9.80 Å². The van der Waals surface area contributed by atoms with Crippen LogP contribution in [0.4, 0.5) is 11.4 Å². The predicted molar refractivity (Wildman–Crippen MR) is 136 cm³/mol. The van der Waals surface area contributed by atoms with Crippen LogP contribution in [0.25, 0.3) is 0 Å². The first-order chi connectivity index (χ1) is 16.9. The second-order valence-electron chi connectivity index (χ2n) is 7.59. The summed E-state index contributed by atoms with van der Waals surface area (Å²) in [6.07, 6.45) is 0. The highest BCUT2D eigenvalue weighted by Crippen LogP contribution is 2.18. The summed E-state index contributed by atoms with van der Waals surface area (Å²) < 4.78 is 0. The monoisotopic (exact) mass is 496 g/mol. The van der Waals surface area contributed by atoms with Crippen molar-refractivity contribution in [1.29, 1.82) is 0 Å². The van der Waals surface area contributed by atoms with Gasteiger partial charge in [0.2, 0.25) is 0 Å². The molecule has 36 heavy (non-hydrogen) atoms. The second kappa shape index (κ2) is 13.8. The number of carboxylic acids is 4. The summed E-state index contributed by atoms with van der Waals surface area (Å²) in [5.74, 6) is -4.24. The Morgan fingerprint density at radius 1 is 0.444 bits per heavy atom. The van der Waals surface area contributed by atoms with E-state index in [2.05, 4.69) is 0 Å². The van der Waals surface area contributed by atoms with E-state index in [-0.39, 0.29) is 11.1 Å². The predicted octanol–water partition coefficient (Wildman–Crippen LogP) is 3.98. The van der Waals surface area contributed by atoms with Crippen LogP contribution in [0.3, 0.4) is 0 Å². The number of anilines is 2. The van der Waals surface area contributed by atoms with E-state index in [1.54, 1.807) is 46.2 Å². The molecule has 0 heterocycles. The summed E-state index contributed by atoms with van der Waals surface area (Å²) in [5, 5.41) is 34.7. The topological polar surface area (TPSA) is 156 Å². The van der Waals surface area contributed by atoms with Gasteiger partial charge in [-0.3, -0.25) is 0 Å². The summed E-state index contributed by atoms with van der Waals surface area (Å²) in [7, 11) is 7.28. The fourth-order valence-corrected chi connectivity index (χ4v) is 2.95. The normalized spacial score (nSPS) is 9.44. The van der Waals surface area contributed by atoms with Gasteiger partial charge in [-0.15, -0.1) is 0 Å². The van der Waals surface area contributed by atoms with Gasteiger partial charge in [0, 0.05) is 28.2 Å². The van der Waals surface area contributed by atoms with E-state index in [9.17, 15) is 19.2 Å². The zero-order chi connectivity index (χ0) is 27.4. The van der Waals surface area contributed by atoms with E-state index >= 15 is 0 Å². The lowest BCUT2D eigenvalue weighted by molar-refractivity contribution is 0.0651. The van der Waals surface area contributed by atoms with E-state index in [1.807, 2.05) is 40.3 Å². The highest BCUT2D eigenvalue weighted by Gasteiger charge is 2.13. The van der Waals surface area contributed by atoms with Crippen LogP contribution in [-0.4, -0.2) is 72.5 Å².